The van der Waals surface area contributed by atoms with Crippen LogP contribution < -0.4 is 4.90 Å². The third-order valence-corrected chi connectivity index (χ3v) is 6.19. The molecule has 7 heteroatoms. The second kappa shape index (κ2) is 6.94. The van der Waals surface area contributed by atoms with Crippen molar-refractivity contribution < 1.29 is 9.53 Å². The van der Waals surface area contributed by atoms with Crippen LogP contribution in [-0.2, 0) is 4.74 Å². The quantitative estimate of drug-likeness (QED) is 0.806. The summed E-state index contributed by atoms with van der Waals surface area (Å²) in [7, 11) is 1.87. The third-order valence-electron chi connectivity index (χ3n) is 4.82. The highest BCUT2D eigenvalue weighted by Crippen LogP contribution is 2.39. The lowest BCUT2D eigenvalue weighted by Crippen LogP contribution is -2.36. The topological polar surface area (TPSA) is 45.7 Å². The van der Waals surface area contributed by atoms with Gasteiger partial charge in [0.2, 0.25) is 0 Å². The Kier molecular flexibility index (Phi) is 4.67. The fourth-order valence-electron chi connectivity index (χ4n) is 3.35. The molecule has 1 atom stereocenters. The van der Waals surface area contributed by atoms with Crippen LogP contribution in [0, 0.1) is 0 Å². The minimum absolute atomic E-state index is 0.0727. The summed E-state index contributed by atoms with van der Waals surface area (Å²) in [5.74, 6) is 0.190. The predicted octanol–water partition coefficient (Wildman–Crippen LogP) is 3.24. The van der Waals surface area contributed by atoms with Gasteiger partial charge in [0, 0.05) is 37.6 Å². The summed E-state index contributed by atoms with van der Waals surface area (Å²) in [6, 6.07) is 7.89. The van der Waals surface area contributed by atoms with Gasteiger partial charge in [0.05, 0.1) is 18.9 Å². The Morgan fingerprint density at radius 1 is 1.20 bits per heavy atom. The average molecular weight is 378 g/mol. The summed E-state index contributed by atoms with van der Waals surface area (Å²) in [4.78, 5) is 22.5. The molecule has 1 unspecified atom stereocenters. The van der Waals surface area contributed by atoms with Gasteiger partial charge < -0.3 is 14.5 Å². The van der Waals surface area contributed by atoms with Gasteiger partial charge in [-0.05, 0) is 24.1 Å². The normalized spacial score (nSPS) is 21.2. The Balaban J connectivity index is 1.75. The maximum atomic E-state index is 12.8. The number of rotatable bonds is 2. The lowest BCUT2D eigenvalue weighted by atomic mass is 9.92. The van der Waals surface area contributed by atoms with Gasteiger partial charge in [0.1, 0.15) is 4.88 Å². The molecule has 1 amide bonds. The highest BCUT2D eigenvalue weighted by Gasteiger charge is 2.32. The van der Waals surface area contributed by atoms with E-state index < -0.39 is 0 Å². The number of hydrogen-bond acceptors (Lipinski definition) is 5. The molecule has 0 saturated carbocycles. The van der Waals surface area contributed by atoms with Crippen molar-refractivity contribution in [3.63, 3.8) is 0 Å². The molecule has 25 heavy (non-hydrogen) atoms. The molecule has 1 fully saturated rings. The van der Waals surface area contributed by atoms with Crippen molar-refractivity contribution >= 4 is 34.0 Å². The molecule has 1 aromatic carbocycles. The van der Waals surface area contributed by atoms with Crippen molar-refractivity contribution in [2.45, 2.75) is 12.3 Å². The first-order valence-corrected chi connectivity index (χ1v) is 9.67. The van der Waals surface area contributed by atoms with Gasteiger partial charge >= 0.3 is 0 Å². The second-order valence-corrected chi connectivity index (χ2v) is 7.84. The lowest BCUT2D eigenvalue weighted by Gasteiger charge is -2.26. The number of anilines is 1. The number of fused-ring (bicyclic) bond motifs is 1. The van der Waals surface area contributed by atoms with Crippen molar-refractivity contribution in [3.05, 3.63) is 45.4 Å². The molecule has 0 spiro atoms. The van der Waals surface area contributed by atoms with Crippen LogP contribution in [0.4, 0.5) is 5.13 Å². The predicted molar refractivity (Wildman–Crippen MR) is 100 cm³/mol. The van der Waals surface area contributed by atoms with E-state index in [2.05, 4.69) is 4.90 Å². The number of carbonyl (C=O) groups is 1. The molecule has 1 aromatic heterocycles. The number of thiazole rings is 1. The van der Waals surface area contributed by atoms with Crippen molar-refractivity contribution in [2.75, 3.05) is 44.8 Å². The number of aromatic nitrogens is 1. The van der Waals surface area contributed by atoms with E-state index in [1.807, 2.05) is 31.3 Å². The molecular formula is C18H20ClN3O2S. The zero-order valence-electron chi connectivity index (χ0n) is 14.1. The second-order valence-electron chi connectivity index (χ2n) is 6.43. The van der Waals surface area contributed by atoms with E-state index in [1.54, 1.807) is 4.90 Å². The van der Waals surface area contributed by atoms with Crippen LogP contribution in [0.15, 0.2) is 24.3 Å². The fourth-order valence-corrected chi connectivity index (χ4v) is 4.65. The maximum Gasteiger partial charge on any atom is 0.265 e. The number of halogens is 1. The molecule has 0 aliphatic carbocycles. The minimum atomic E-state index is 0.0727. The maximum absolute atomic E-state index is 12.8. The van der Waals surface area contributed by atoms with Crippen LogP contribution in [0.2, 0.25) is 5.02 Å². The van der Waals surface area contributed by atoms with Crippen LogP contribution in [0.3, 0.4) is 0 Å². The Hall–Kier alpha value is -1.63. The largest absolute Gasteiger partial charge is 0.378 e. The van der Waals surface area contributed by atoms with E-state index in [1.165, 1.54) is 11.3 Å². The van der Waals surface area contributed by atoms with Gasteiger partial charge in [0.25, 0.3) is 5.91 Å². The van der Waals surface area contributed by atoms with Gasteiger partial charge in [-0.15, -0.1) is 0 Å². The van der Waals surface area contributed by atoms with E-state index in [4.69, 9.17) is 21.3 Å². The summed E-state index contributed by atoms with van der Waals surface area (Å²) in [5.41, 5.74) is 2.07. The first-order valence-electron chi connectivity index (χ1n) is 8.48. The molecule has 4 rings (SSSR count). The Labute approximate surface area is 156 Å². The van der Waals surface area contributed by atoms with Gasteiger partial charge in [-0.3, -0.25) is 4.79 Å². The number of carbonyl (C=O) groups excluding carboxylic acids is 1. The number of nitrogens with zero attached hydrogens (tertiary/aromatic N) is 3. The molecular weight excluding hydrogens is 358 g/mol. The van der Waals surface area contributed by atoms with Crippen LogP contribution in [0.5, 0.6) is 0 Å². The van der Waals surface area contributed by atoms with Gasteiger partial charge in [0.15, 0.2) is 5.13 Å². The summed E-state index contributed by atoms with van der Waals surface area (Å²) in [5, 5.41) is 1.65. The zero-order valence-corrected chi connectivity index (χ0v) is 15.6. The molecule has 2 aliphatic heterocycles. The molecule has 0 N–H and O–H groups in total. The van der Waals surface area contributed by atoms with Crippen molar-refractivity contribution in [3.8, 4) is 0 Å². The summed E-state index contributed by atoms with van der Waals surface area (Å²) >= 11 is 7.55. The Bertz CT molecular complexity index is 771. The van der Waals surface area contributed by atoms with Crippen molar-refractivity contribution in [1.82, 2.24) is 9.88 Å². The number of hydrogen-bond donors (Lipinski definition) is 0. The smallest absolute Gasteiger partial charge is 0.265 e. The first kappa shape index (κ1) is 16.8. The lowest BCUT2D eigenvalue weighted by molar-refractivity contribution is 0.0804. The van der Waals surface area contributed by atoms with Crippen LogP contribution >= 0.6 is 22.9 Å². The van der Waals surface area contributed by atoms with E-state index in [-0.39, 0.29) is 11.8 Å². The zero-order chi connectivity index (χ0) is 17.4. The van der Waals surface area contributed by atoms with Crippen LogP contribution in [0.1, 0.15) is 33.3 Å². The summed E-state index contributed by atoms with van der Waals surface area (Å²) in [6.07, 6.45) is 0.864. The van der Waals surface area contributed by atoms with E-state index in [9.17, 15) is 4.79 Å². The van der Waals surface area contributed by atoms with Crippen LogP contribution in [-0.4, -0.2) is 55.7 Å². The molecule has 1 saturated heterocycles. The Morgan fingerprint density at radius 3 is 2.64 bits per heavy atom. The highest BCUT2D eigenvalue weighted by molar-refractivity contribution is 7.17. The summed E-state index contributed by atoms with van der Waals surface area (Å²) < 4.78 is 5.43. The number of benzene rings is 1. The average Bonchev–Trinajstić information content (AvgIpc) is 3.04. The van der Waals surface area contributed by atoms with Gasteiger partial charge in [-0.1, -0.05) is 35.1 Å². The highest BCUT2D eigenvalue weighted by atomic mass is 35.5. The number of amides is 1. The SMILES string of the molecule is CN1CCC(c2ccc(Cl)cc2)c2nc(N3CCOCC3)sc2C1=O. The van der Waals surface area contributed by atoms with E-state index in [0.29, 0.717) is 13.2 Å². The molecule has 0 radical (unpaired) electrons. The Morgan fingerprint density at radius 2 is 1.92 bits per heavy atom. The molecule has 3 heterocycles. The number of ether oxygens (including phenoxy) is 1. The molecule has 0 bridgehead atoms. The molecule has 132 valence electrons. The van der Waals surface area contributed by atoms with Gasteiger partial charge in [-0.25, -0.2) is 4.98 Å². The third kappa shape index (κ3) is 3.26. The van der Waals surface area contributed by atoms with E-state index >= 15 is 0 Å². The molecule has 2 aromatic rings. The van der Waals surface area contributed by atoms with Crippen molar-refractivity contribution in [1.29, 1.82) is 0 Å². The van der Waals surface area contributed by atoms with Crippen molar-refractivity contribution in [2.24, 2.45) is 0 Å². The minimum Gasteiger partial charge on any atom is -0.378 e. The van der Waals surface area contributed by atoms with Gasteiger partial charge in [-0.2, -0.15) is 0 Å². The standard InChI is InChI=1S/C18H20ClN3O2S/c1-21-7-6-14(12-2-4-13(19)5-3-12)15-16(17(21)23)25-18(20-15)22-8-10-24-11-9-22/h2-5,14H,6-11H2,1H3. The first-order chi connectivity index (χ1) is 12.1. The fraction of sp³-hybridized carbons (Fsp3) is 0.444. The van der Waals surface area contributed by atoms with Crippen LogP contribution in [0.25, 0.3) is 0 Å². The monoisotopic (exact) mass is 377 g/mol. The number of morpholine rings is 1. The molecule has 2 aliphatic rings. The summed E-state index contributed by atoms with van der Waals surface area (Å²) in [6.45, 7) is 3.78. The van der Waals surface area contributed by atoms with E-state index in [0.717, 1.165) is 52.3 Å². The molecule has 5 nitrogen and oxygen atoms in total.